The second kappa shape index (κ2) is 6.04. The van der Waals surface area contributed by atoms with Gasteiger partial charge in [-0.3, -0.25) is 14.4 Å². The molecule has 0 fully saturated rings. The molecule has 1 heterocycles. The number of anilines is 1. The molecule has 6 nitrogen and oxygen atoms in total. The molecule has 2 N–H and O–H groups in total. The molecular formula is C15H14N2O4. The van der Waals surface area contributed by atoms with Gasteiger partial charge in [0, 0.05) is 17.8 Å². The summed E-state index contributed by atoms with van der Waals surface area (Å²) in [5, 5.41) is 11.4. The minimum absolute atomic E-state index is 0.320. The molecule has 0 bridgehead atoms. The van der Waals surface area contributed by atoms with Gasteiger partial charge in [-0.05, 0) is 24.6 Å². The van der Waals surface area contributed by atoms with E-state index >= 15 is 0 Å². The molecule has 21 heavy (non-hydrogen) atoms. The molecular weight excluding hydrogens is 272 g/mol. The van der Waals surface area contributed by atoms with Crippen molar-refractivity contribution in [3.63, 3.8) is 0 Å². The first-order valence-corrected chi connectivity index (χ1v) is 6.26. The highest BCUT2D eigenvalue weighted by molar-refractivity contribution is 6.04. The van der Waals surface area contributed by atoms with Crippen LogP contribution in [0.15, 0.2) is 47.4 Å². The fourth-order valence-corrected chi connectivity index (χ4v) is 1.85. The summed E-state index contributed by atoms with van der Waals surface area (Å²) in [7, 11) is 0. The Bertz CT molecular complexity index is 735. The zero-order valence-electron chi connectivity index (χ0n) is 11.4. The third-order valence-corrected chi connectivity index (χ3v) is 2.92. The van der Waals surface area contributed by atoms with Gasteiger partial charge in [0.2, 0.25) is 0 Å². The van der Waals surface area contributed by atoms with Crippen molar-refractivity contribution < 1.29 is 14.7 Å². The summed E-state index contributed by atoms with van der Waals surface area (Å²) >= 11 is 0. The average molecular weight is 286 g/mol. The maximum absolute atomic E-state index is 12.1. The average Bonchev–Trinajstić information content (AvgIpc) is 2.44. The number of rotatable bonds is 4. The van der Waals surface area contributed by atoms with Crippen LogP contribution >= 0.6 is 0 Å². The molecule has 1 amide bonds. The van der Waals surface area contributed by atoms with Crippen molar-refractivity contribution in [1.29, 1.82) is 0 Å². The molecule has 2 rings (SSSR count). The Morgan fingerprint density at radius 2 is 1.90 bits per heavy atom. The number of carboxylic acids is 1. The van der Waals surface area contributed by atoms with Crippen LogP contribution in [0, 0.1) is 6.92 Å². The number of carboxylic acid groups (broad SMARTS) is 1. The summed E-state index contributed by atoms with van der Waals surface area (Å²) in [5.74, 6) is -1.44. The van der Waals surface area contributed by atoms with Gasteiger partial charge >= 0.3 is 5.97 Å². The summed E-state index contributed by atoms with van der Waals surface area (Å²) in [6.45, 7) is 1.22. The Hall–Kier alpha value is -2.89. The monoisotopic (exact) mass is 286 g/mol. The summed E-state index contributed by atoms with van der Waals surface area (Å²) in [6, 6.07) is 9.91. The van der Waals surface area contributed by atoms with Gasteiger partial charge in [-0.25, -0.2) is 0 Å². The normalized spacial score (nSPS) is 10.1. The van der Waals surface area contributed by atoms with Gasteiger partial charge < -0.3 is 15.0 Å². The predicted molar refractivity (Wildman–Crippen MR) is 77.5 cm³/mol. The Morgan fingerprint density at radius 3 is 2.52 bits per heavy atom. The molecule has 0 spiro atoms. The van der Waals surface area contributed by atoms with Crippen LogP contribution in [0.25, 0.3) is 0 Å². The maximum atomic E-state index is 12.1. The van der Waals surface area contributed by atoms with Gasteiger partial charge in [-0.1, -0.05) is 18.2 Å². The number of hydrogen-bond donors (Lipinski definition) is 2. The highest BCUT2D eigenvalue weighted by atomic mass is 16.4. The van der Waals surface area contributed by atoms with Crippen molar-refractivity contribution in [2.24, 2.45) is 0 Å². The molecule has 0 aliphatic rings. The Labute approximate surface area is 120 Å². The highest BCUT2D eigenvalue weighted by Crippen LogP contribution is 2.13. The Balaban J connectivity index is 2.29. The lowest BCUT2D eigenvalue weighted by Crippen LogP contribution is -2.25. The number of benzene rings is 1. The standard InChI is InChI=1S/C15H14N2O4/c1-10-7-13(18)17(9-14(19)20)8-12(10)16-15(21)11-5-3-2-4-6-11/h2-8H,9H2,1H3,(H,16,21)(H,19,20). The molecule has 0 atom stereocenters. The smallest absolute Gasteiger partial charge is 0.323 e. The van der Waals surface area contributed by atoms with Crippen LogP contribution in [-0.2, 0) is 11.3 Å². The van der Waals surface area contributed by atoms with E-state index in [0.717, 1.165) is 4.57 Å². The highest BCUT2D eigenvalue weighted by Gasteiger charge is 2.10. The topological polar surface area (TPSA) is 88.4 Å². The number of carbonyl (C=O) groups excluding carboxylic acids is 1. The molecule has 6 heteroatoms. The van der Waals surface area contributed by atoms with Gasteiger partial charge in [0.15, 0.2) is 0 Å². The molecule has 0 aliphatic heterocycles. The minimum Gasteiger partial charge on any atom is -0.480 e. The van der Waals surface area contributed by atoms with E-state index in [1.54, 1.807) is 37.3 Å². The second-order valence-corrected chi connectivity index (χ2v) is 4.55. The number of aryl methyl sites for hydroxylation is 1. The number of carbonyl (C=O) groups is 2. The van der Waals surface area contributed by atoms with Crippen LogP contribution in [-0.4, -0.2) is 21.6 Å². The van der Waals surface area contributed by atoms with Crippen molar-refractivity contribution in [2.45, 2.75) is 13.5 Å². The molecule has 0 saturated heterocycles. The van der Waals surface area contributed by atoms with Crippen LogP contribution in [0.1, 0.15) is 15.9 Å². The molecule has 2 aromatic rings. The first-order valence-electron chi connectivity index (χ1n) is 6.26. The molecule has 1 aromatic heterocycles. The molecule has 108 valence electrons. The number of hydrogen-bond acceptors (Lipinski definition) is 3. The first-order chi connectivity index (χ1) is 9.97. The number of nitrogens with one attached hydrogen (secondary N) is 1. The van der Waals surface area contributed by atoms with Gasteiger partial charge in [0.25, 0.3) is 11.5 Å². The van der Waals surface area contributed by atoms with Crippen molar-refractivity contribution in [1.82, 2.24) is 4.57 Å². The largest absolute Gasteiger partial charge is 0.480 e. The number of amides is 1. The van der Waals surface area contributed by atoms with Gasteiger partial charge in [0.1, 0.15) is 6.54 Å². The molecule has 0 saturated carbocycles. The van der Waals surface area contributed by atoms with Gasteiger partial charge in [-0.2, -0.15) is 0 Å². The predicted octanol–water partition coefficient (Wildman–Crippen LogP) is 1.49. The van der Waals surface area contributed by atoms with Crippen molar-refractivity contribution >= 4 is 17.6 Å². The maximum Gasteiger partial charge on any atom is 0.323 e. The van der Waals surface area contributed by atoms with E-state index in [2.05, 4.69) is 5.32 Å². The number of aliphatic carboxylic acids is 1. The van der Waals surface area contributed by atoms with Crippen LogP contribution in [0.5, 0.6) is 0 Å². The van der Waals surface area contributed by atoms with E-state index in [0.29, 0.717) is 16.8 Å². The molecule has 0 aliphatic carbocycles. The Morgan fingerprint density at radius 1 is 1.24 bits per heavy atom. The van der Waals surface area contributed by atoms with Crippen LogP contribution in [0.3, 0.4) is 0 Å². The van der Waals surface area contributed by atoms with E-state index < -0.39 is 18.1 Å². The fourth-order valence-electron chi connectivity index (χ4n) is 1.85. The van der Waals surface area contributed by atoms with E-state index in [1.165, 1.54) is 12.3 Å². The van der Waals surface area contributed by atoms with E-state index in [1.807, 2.05) is 0 Å². The zero-order chi connectivity index (χ0) is 15.4. The number of nitrogens with zero attached hydrogens (tertiary/aromatic N) is 1. The number of pyridine rings is 1. The van der Waals surface area contributed by atoms with Crippen LogP contribution < -0.4 is 10.9 Å². The van der Waals surface area contributed by atoms with E-state index in [9.17, 15) is 14.4 Å². The lowest BCUT2D eigenvalue weighted by Gasteiger charge is -2.11. The minimum atomic E-state index is -1.12. The zero-order valence-corrected chi connectivity index (χ0v) is 11.4. The van der Waals surface area contributed by atoms with E-state index in [-0.39, 0.29) is 5.91 Å². The molecule has 0 unspecified atom stereocenters. The quantitative estimate of drug-likeness (QED) is 0.891. The summed E-state index contributed by atoms with van der Waals surface area (Å²) in [5.41, 5.74) is 1.04. The first kappa shape index (κ1) is 14.5. The lowest BCUT2D eigenvalue weighted by atomic mass is 10.2. The lowest BCUT2D eigenvalue weighted by molar-refractivity contribution is -0.137. The summed E-state index contributed by atoms with van der Waals surface area (Å²) < 4.78 is 1.04. The molecule has 0 radical (unpaired) electrons. The van der Waals surface area contributed by atoms with Crippen molar-refractivity contribution in [3.05, 3.63) is 64.1 Å². The van der Waals surface area contributed by atoms with Crippen LogP contribution in [0.4, 0.5) is 5.69 Å². The van der Waals surface area contributed by atoms with Gasteiger partial charge in [0.05, 0.1) is 5.69 Å². The SMILES string of the molecule is Cc1cc(=O)n(CC(=O)O)cc1NC(=O)c1ccccc1. The Kier molecular flexibility index (Phi) is 4.18. The van der Waals surface area contributed by atoms with Crippen molar-refractivity contribution in [2.75, 3.05) is 5.32 Å². The van der Waals surface area contributed by atoms with Gasteiger partial charge in [-0.15, -0.1) is 0 Å². The summed E-state index contributed by atoms with van der Waals surface area (Å²) in [4.78, 5) is 34.5. The third kappa shape index (κ3) is 3.56. The summed E-state index contributed by atoms with van der Waals surface area (Å²) in [6.07, 6.45) is 1.34. The van der Waals surface area contributed by atoms with Crippen molar-refractivity contribution in [3.8, 4) is 0 Å². The third-order valence-electron chi connectivity index (χ3n) is 2.92. The molecule has 1 aromatic carbocycles. The van der Waals surface area contributed by atoms with Crippen LogP contribution in [0.2, 0.25) is 0 Å². The second-order valence-electron chi connectivity index (χ2n) is 4.55. The fraction of sp³-hybridized carbons (Fsp3) is 0.133. The number of aromatic nitrogens is 1. The van der Waals surface area contributed by atoms with E-state index in [4.69, 9.17) is 5.11 Å².